The molecule has 1 N–H and O–H groups in total. The lowest BCUT2D eigenvalue weighted by Gasteiger charge is -2.39. The SMILES string of the molecule is CC(C)NCC1OCCN(C)C1c1ccc([N+](=O)[O-])s1. The number of nitro groups is 1. The third-order valence-electron chi connectivity index (χ3n) is 3.41. The van der Waals surface area contributed by atoms with Gasteiger partial charge in [0.25, 0.3) is 0 Å². The molecule has 1 aliphatic heterocycles. The van der Waals surface area contributed by atoms with E-state index in [1.807, 2.05) is 13.1 Å². The number of nitrogens with zero attached hydrogens (tertiary/aromatic N) is 2. The molecule has 0 saturated carbocycles. The quantitative estimate of drug-likeness (QED) is 0.665. The van der Waals surface area contributed by atoms with E-state index in [1.165, 1.54) is 11.3 Å². The summed E-state index contributed by atoms with van der Waals surface area (Å²) in [6.45, 7) is 6.48. The van der Waals surface area contributed by atoms with Gasteiger partial charge in [0.15, 0.2) is 0 Å². The summed E-state index contributed by atoms with van der Waals surface area (Å²) in [6.07, 6.45) is 0.0226. The lowest BCUT2D eigenvalue weighted by molar-refractivity contribution is -0.380. The van der Waals surface area contributed by atoms with E-state index in [0.29, 0.717) is 12.6 Å². The second-order valence-corrected chi connectivity index (χ2v) is 6.42. The van der Waals surface area contributed by atoms with Crippen LogP contribution in [0.1, 0.15) is 24.8 Å². The van der Waals surface area contributed by atoms with Crippen LogP contribution in [0.5, 0.6) is 0 Å². The number of hydrogen-bond donors (Lipinski definition) is 1. The van der Waals surface area contributed by atoms with Gasteiger partial charge in [-0.3, -0.25) is 15.0 Å². The molecule has 7 heteroatoms. The zero-order chi connectivity index (χ0) is 14.7. The first kappa shape index (κ1) is 15.4. The molecule has 0 amide bonds. The Morgan fingerprint density at radius 2 is 2.35 bits per heavy atom. The molecular weight excluding hydrogens is 278 g/mol. The summed E-state index contributed by atoms with van der Waals surface area (Å²) in [4.78, 5) is 13.7. The lowest BCUT2D eigenvalue weighted by atomic mass is 10.1. The lowest BCUT2D eigenvalue weighted by Crippen LogP contribution is -2.48. The third kappa shape index (κ3) is 3.54. The van der Waals surface area contributed by atoms with Crippen molar-refractivity contribution in [1.29, 1.82) is 0 Å². The highest BCUT2D eigenvalue weighted by Crippen LogP contribution is 2.35. The summed E-state index contributed by atoms with van der Waals surface area (Å²) in [7, 11) is 2.04. The van der Waals surface area contributed by atoms with Crippen LogP contribution in [0.15, 0.2) is 12.1 Å². The Kier molecular flexibility index (Phi) is 5.09. The molecule has 2 unspecified atom stereocenters. The van der Waals surface area contributed by atoms with E-state index in [9.17, 15) is 10.1 Å². The Morgan fingerprint density at radius 3 is 2.95 bits per heavy atom. The van der Waals surface area contributed by atoms with E-state index in [4.69, 9.17) is 4.74 Å². The maximum atomic E-state index is 10.8. The zero-order valence-electron chi connectivity index (χ0n) is 12.0. The van der Waals surface area contributed by atoms with Crippen LogP contribution in [0.4, 0.5) is 5.00 Å². The van der Waals surface area contributed by atoms with Gasteiger partial charge in [-0.1, -0.05) is 25.2 Å². The number of morpholine rings is 1. The molecule has 112 valence electrons. The Labute approximate surface area is 122 Å². The molecule has 2 atom stereocenters. The standard InChI is InChI=1S/C13H21N3O3S/c1-9(2)14-8-10-13(15(3)6-7-19-10)11-4-5-12(20-11)16(17)18/h4-5,9-10,13-14H,6-8H2,1-3H3. The van der Waals surface area contributed by atoms with E-state index in [1.54, 1.807) is 6.07 Å². The summed E-state index contributed by atoms with van der Waals surface area (Å²) < 4.78 is 5.87. The van der Waals surface area contributed by atoms with E-state index in [0.717, 1.165) is 18.0 Å². The molecule has 20 heavy (non-hydrogen) atoms. The smallest absolute Gasteiger partial charge is 0.324 e. The van der Waals surface area contributed by atoms with Crippen molar-refractivity contribution in [3.63, 3.8) is 0 Å². The van der Waals surface area contributed by atoms with Gasteiger partial charge in [0.1, 0.15) is 0 Å². The number of ether oxygens (including phenoxy) is 1. The van der Waals surface area contributed by atoms with Crippen molar-refractivity contribution in [3.05, 3.63) is 27.1 Å². The second kappa shape index (κ2) is 6.62. The molecule has 1 aromatic rings. The summed E-state index contributed by atoms with van der Waals surface area (Å²) in [5.41, 5.74) is 0. The maximum absolute atomic E-state index is 10.8. The fourth-order valence-corrected chi connectivity index (χ4v) is 3.42. The summed E-state index contributed by atoms with van der Waals surface area (Å²) >= 11 is 1.24. The van der Waals surface area contributed by atoms with Crippen LogP contribution in [0, 0.1) is 10.1 Å². The molecular formula is C13H21N3O3S. The van der Waals surface area contributed by atoms with E-state index < -0.39 is 0 Å². The highest BCUT2D eigenvalue weighted by molar-refractivity contribution is 7.15. The van der Waals surface area contributed by atoms with Crippen LogP contribution < -0.4 is 5.32 Å². The first-order valence-electron chi connectivity index (χ1n) is 6.78. The molecule has 0 spiro atoms. The van der Waals surface area contributed by atoms with Gasteiger partial charge in [-0.25, -0.2) is 0 Å². The van der Waals surface area contributed by atoms with Crippen molar-refractivity contribution in [1.82, 2.24) is 10.2 Å². The first-order valence-corrected chi connectivity index (χ1v) is 7.60. The van der Waals surface area contributed by atoms with Crippen molar-refractivity contribution >= 4 is 16.3 Å². The topological polar surface area (TPSA) is 67.6 Å². The number of likely N-dealkylation sites (N-methyl/N-ethyl adjacent to an activating group) is 1. The molecule has 1 aliphatic rings. The average Bonchev–Trinajstić information content (AvgIpc) is 2.85. The van der Waals surface area contributed by atoms with Crippen molar-refractivity contribution in [2.24, 2.45) is 0 Å². The number of hydrogen-bond acceptors (Lipinski definition) is 6. The van der Waals surface area contributed by atoms with Gasteiger partial charge in [-0.05, 0) is 13.1 Å². The molecule has 0 aliphatic carbocycles. The van der Waals surface area contributed by atoms with Crippen molar-refractivity contribution < 1.29 is 9.66 Å². The number of nitrogens with one attached hydrogen (secondary N) is 1. The van der Waals surface area contributed by atoms with E-state index in [2.05, 4.69) is 24.1 Å². The van der Waals surface area contributed by atoms with E-state index in [-0.39, 0.29) is 22.1 Å². The van der Waals surface area contributed by atoms with Gasteiger partial charge in [-0.2, -0.15) is 0 Å². The summed E-state index contributed by atoms with van der Waals surface area (Å²) in [6, 6.07) is 3.90. The van der Waals surface area contributed by atoms with Gasteiger partial charge < -0.3 is 10.1 Å². The van der Waals surface area contributed by atoms with Crippen molar-refractivity contribution in [2.75, 3.05) is 26.7 Å². The fourth-order valence-electron chi connectivity index (χ4n) is 2.38. The van der Waals surface area contributed by atoms with Crippen molar-refractivity contribution in [3.8, 4) is 0 Å². The molecule has 2 rings (SSSR count). The van der Waals surface area contributed by atoms with Crippen LogP contribution >= 0.6 is 11.3 Å². The van der Waals surface area contributed by atoms with Crippen LogP contribution in [-0.2, 0) is 4.74 Å². The monoisotopic (exact) mass is 299 g/mol. The van der Waals surface area contributed by atoms with Crippen LogP contribution in [0.2, 0.25) is 0 Å². The molecule has 2 heterocycles. The molecule has 1 fully saturated rings. The van der Waals surface area contributed by atoms with Gasteiger partial charge in [-0.15, -0.1) is 0 Å². The van der Waals surface area contributed by atoms with Crippen LogP contribution in [0.3, 0.4) is 0 Å². The van der Waals surface area contributed by atoms with Gasteiger partial charge >= 0.3 is 5.00 Å². The minimum atomic E-state index is -0.334. The maximum Gasteiger partial charge on any atom is 0.324 e. The van der Waals surface area contributed by atoms with E-state index >= 15 is 0 Å². The predicted molar refractivity (Wildman–Crippen MR) is 79.2 cm³/mol. The normalized spacial score (nSPS) is 24.2. The number of thiophene rings is 1. The van der Waals surface area contributed by atoms with Gasteiger partial charge in [0.2, 0.25) is 0 Å². The number of rotatable bonds is 5. The third-order valence-corrected chi connectivity index (χ3v) is 4.52. The molecule has 1 aromatic heterocycles. The molecule has 0 radical (unpaired) electrons. The highest BCUT2D eigenvalue weighted by atomic mass is 32.1. The minimum absolute atomic E-state index is 0.0226. The van der Waals surface area contributed by atoms with Crippen molar-refractivity contribution in [2.45, 2.75) is 32.0 Å². The fraction of sp³-hybridized carbons (Fsp3) is 0.692. The summed E-state index contributed by atoms with van der Waals surface area (Å²) in [5, 5.41) is 14.4. The highest BCUT2D eigenvalue weighted by Gasteiger charge is 2.33. The Balaban J connectivity index is 2.15. The average molecular weight is 299 g/mol. The van der Waals surface area contributed by atoms with Crippen LogP contribution in [0.25, 0.3) is 0 Å². The van der Waals surface area contributed by atoms with Gasteiger partial charge in [0.05, 0.1) is 23.7 Å². The Bertz CT molecular complexity index is 463. The zero-order valence-corrected chi connectivity index (χ0v) is 12.9. The van der Waals surface area contributed by atoms with Crippen LogP contribution in [-0.4, -0.2) is 48.7 Å². The largest absolute Gasteiger partial charge is 0.374 e. The summed E-state index contributed by atoms with van der Waals surface area (Å²) in [5.74, 6) is 0. The predicted octanol–water partition coefficient (Wildman–Crippen LogP) is 2.03. The molecule has 0 bridgehead atoms. The second-order valence-electron chi connectivity index (χ2n) is 5.33. The van der Waals surface area contributed by atoms with Gasteiger partial charge in [0, 0.05) is 30.1 Å². The Hall–Kier alpha value is -1.02. The minimum Gasteiger partial charge on any atom is -0.374 e. The Morgan fingerprint density at radius 1 is 1.60 bits per heavy atom. The molecule has 6 nitrogen and oxygen atoms in total. The first-order chi connectivity index (χ1) is 9.49. The molecule has 0 aromatic carbocycles. The molecule has 1 saturated heterocycles.